The second kappa shape index (κ2) is 5.77. The van der Waals surface area contributed by atoms with Gasteiger partial charge in [0.1, 0.15) is 5.82 Å². The zero-order chi connectivity index (χ0) is 13.9. The van der Waals surface area contributed by atoms with E-state index in [-0.39, 0.29) is 0 Å². The van der Waals surface area contributed by atoms with E-state index < -0.39 is 0 Å². The molecular weight excluding hydrogens is 248 g/mol. The number of rotatable bonds is 4. The van der Waals surface area contributed by atoms with Crippen molar-refractivity contribution in [3.8, 4) is 5.69 Å². The highest BCUT2D eigenvalue weighted by molar-refractivity contribution is 5.32. The minimum Gasteiger partial charge on any atom is -0.330 e. The molecule has 1 aliphatic heterocycles. The molecule has 4 heteroatoms. The van der Waals surface area contributed by atoms with Crippen LogP contribution in [0.5, 0.6) is 0 Å². The molecule has 1 aromatic carbocycles. The van der Waals surface area contributed by atoms with Crippen molar-refractivity contribution in [2.45, 2.75) is 25.9 Å². The fourth-order valence-electron chi connectivity index (χ4n) is 3.07. The third kappa shape index (κ3) is 2.62. The SMILES string of the molecule is CC1CC(CN)CN1Cc1nccn1-c1ccccc1. The van der Waals surface area contributed by atoms with Gasteiger partial charge in [0.05, 0.1) is 6.54 Å². The molecule has 1 aliphatic rings. The summed E-state index contributed by atoms with van der Waals surface area (Å²) >= 11 is 0. The molecule has 2 unspecified atom stereocenters. The van der Waals surface area contributed by atoms with E-state index in [4.69, 9.17) is 5.73 Å². The summed E-state index contributed by atoms with van der Waals surface area (Å²) in [5.74, 6) is 1.73. The molecule has 2 N–H and O–H groups in total. The molecule has 4 nitrogen and oxygen atoms in total. The van der Waals surface area contributed by atoms with Gasteiger partial charge in [-0.1, -0.05) is 18.2 Å². The second-order valence-corrected chi connectivity index (χ2v) is 5.66. The van der Waals surface area contributed by atoms with Crippen molar-refractivity contribution in [1.29, 1.82) is 0 Å². The minimum atomic E-state index is 0.587. The van der Waals surface area contributed by atoms with E-state index in [0.717, 1.165) is 25.5 Å². The van der Waals surface area contributed by atoms with E-state index in [1.54, 1.807) is 0 Å². The fraction of sp³-hybridized carbons (Fsp3) is 0.438. The number of hydrogen-bond donors (Lipinski definition) is 1. The third-order valence-corrected chi connectivity index (χ3v) is 4.22. The van der Waals surface area contributed by atoms with Gasteiger partial charge in [-0.05, 0) is 37.9 Å². The molecule has 0 aliphatic carbocycles. The van der Waals surface area contributed by atoms with E-state index >= 15 is 0 Å². The Morgan fingerprint density at radius 2 is 2.10 bits per heavy atom. The van der Waals surface area contributed by atoms with Crippen LogP contribution in [-0.2, 0) is 6.54 Å². The van der Waals surface area contributed by atoms with E-state index in [9.17, 15) is 0 Å². The summed E-state index contributed by atoms with van der Waals surface area (Å²) in [6, 6.07) is 11.0. The first-order chi connectivity index (χ1) is 9.78. The zero-order valence-corrected chi connectivity index (χ0v) is 11.9. The predicted octanol–water partition coefficient (Wildman–Crippen LogP) is 2.04. The second-order valence-electron chi connectivity index (χ2n) is 5.66. The lowest BCUT2D eigenvalue weighted by atomic mass is 10.1. The van der Waals surface area contributed by atoms with Crippen molar-refractivity contribution in [2.75, 3.05) is 13.1 Å². The minimum absolute atomic E-state index is 0.587. The molecule has 0 saturated carbocycles. The summed E-state index contributed by atoms with van der Waals surface area (Å²) in [4.78, 5) is 7.02. The van der Waals surface area contributed by atoms with Gasteiger partial charge in [0.25, 0.3) is 0 Å². The Hall–Kier alpha value is -1.65. The van der Waals surface area contributed by atoms with Crippen molar-refractivity contribution in [3.63, 3.8) is 0 Å². The molecule has 1 aromatic heterocycles. The molecule has 1 saturated heterocycles. The van der Waals surface area contributed by atoms with Gasteiger partial charge in [0.2, 0.25) is 0 Å². The Bertz CT molecular complexity index is 549. The molecule has 2 aromatic rings. The summed E-state index contributed by atoms with van der Waals surface area (Å²) in [6.07, 6.45) is 5.11. The first-order valence-corrected chi connectivity index (χ1v) is 7.29. The standard InChI is InChI=1S/C16H22N4/c1-13-9-14(10-17)11-19(13)12-16-18-7-8-20(16)15-5-3-2-4-6-15/h2-8,13-14H,9-12,17H2,1H3. The summed E-state index contributed by atoms with van der Waals surface area (Å²) in [5.41, 5.74) is 6.97. The quantitative estimate of drug-likeness (QED) is 0.925. The highest BCUT2D eigenvalue weighted by Crippen LogP contribution is 2.24. The van der Waals surface area contributed by atoms with Crippen LogP contribution in [0.25, 0.3) is 5.69 Å². The highest BCUT2D eigenvalue weighted by atomic mass is 15.2. The monoisotopic (exact) mass is 270 g/mol. The van der Waals surface area contributed by atoms with E-state index in [1.807, 2.05) is 18.5 Å². The van der Waals surface area contributed by atoms with Gasteiger partial charge in [-0.25, -0.2) is 4.98 Å². The molecule has 0 spiro atoms. The number of benzene rings is 1. The predicted molar refractivity (Wildman–Crippen MR) is 80.6 cm³/mol. The number of likely N-dealkylation sites (tertiary alicyclic amines) is 1. The number of nitrogens with zero attached hydrogens (tertiary/aromatic N) is 3. The van der Waals surface area contributed by atoms with Crippen LogP contribution in [0.2, 0.25) is 0 Å². The fourth-order valence-corrected chi connectivity index (χ4v) is 3.07. The molecule has 1 fully saturated rings. The van der Waals surface area contributed by atoms with Gasteiger partial charge in [-0.3, -0.25) is 4.90 Å². The Morgan fingerprint density at radius 3 is 2.80 bits per heavy atom. The molecule has 2 heterocycles. The third-order valence-electron chi connectivity index (χ3n) is 4.22. The summed E-state index contributed by atoms with van der Waals surface area (Å²) in [6.45, 7) is 5.04. The lowest BCUT2D eigenvalue weighted by molar-refractivity contribution is 0.248. The maximum atomic E-state index is 5.81. The van der Waals surface area contributed by atoms with Crippen molar-refractivity contribution in [3.05, 3.63) is 48.5 Å². The van der Waals surface area contributed by atoms with E-state index in [2.05, 4.69) is 45.6 Å². The summed E-state index contributed by atoms with van der Waals surface area (Å²) < 4.78 is 2.17. The normalized spacial score (nSPS) is 23.3. The van der Waals surface area contributed by atoms with Crippen LogP contribution < -0.4 is 5.73 Å². The van der Waals surface area contributed by atoms with Gasteiger partial charge >= 0.3 is 0 Å². The van der Waals surface area contributed by atoms with Gasteiger partial charge < -0.3 is 10.3 Å². The number of imidazole rings is 1. The van der Waals surface area contributed by atoms with Crippen LogP contribution in [0.15, 0.2) is 42.7 Å². The van der Waals surface area contributed by atoms with Gasteiger partial charge in [-0.2, -0.15) is 0 Å². The van der Waals surface area contributed by atoms with Crippen LogP contribution in [0, 0.1) is 5.92 Å². The van der Waals surface area contributed by atoms with Gasteiger partial charge in [0.15, 0.2) is 0 Å². The Balaban J connectivity index is 1.78. The first kappa shape index (κ1) is 13.3. The topological polar surface area (TPSA) is 47.1 Å². The molecule has 2 atom stereocenters. The van der Waals surface area contributed by atoms with Crippen molar-refractivity contribution >= 4 is 0 Å². The lowest BCUT2D eigenvalue weighted by Gasteiger charge is -2.21. The molecule has 3 rings (SSSR count). The van der Waals surface area contributed by atoms with Gasteiger partial charge in [0, 0.05) is 30.7 Å². The van der Waals surface area contributed by atoms with Crippen LogP contribution >= 0.6 is 0 Å². The van der Waals surface area contributed by atoms with Crippen molar-refractivity contribution in [1.82, 2.24) is 14.5 Å². The zero-order valence-electron chi connectivity index (χ0n) is 11.9. The van der Waals surface area contributed by atoms with Gasteiger partial charge in [-0.15, -0.1) is 0 Å². The van der Waals surface area contributed by atoms with Crippen LogP contribution in [-0.4, -0.2) is 33.6 Å². The molecule has 0 amide bonds. The molecule has 0 radical (unpaired) electrons. The van der Waals surface area contributed by atoms with Crippen molar-refractivity contribution in [2.24, 2.45) is 11.7 Å². The maximum absolute atomic E-state index is 5.81. The largest absolute Gasteiger partial charge is 0.330 e. The molecular formula is C16H22N4. The Kier molecular flexibility index (Phi) is 3.85. The smallest absolute Gasteiger partial charge is 0.127 e. The average Bonchev–Trinajstić information content (AvgIpc) is 3.08. The Labute approximate surface area is 120 Å². The van der Waals surface area contributed by atoms with E-state index in [1.165, 1.54) is 12.1 Å². The average molecular weight is 270 g/mol. The highest BCUT2D eigenvalue weighted by Gasteiger charge is 2.28. The first-order valence-electron chi connectivity index (χ1n) is 7.29. The van der Waals surface area contributed by atoms with E-state index in [0.29, 0.717) is 12.0 Å². The molecule has 20 heavy (non-hydrogen) atoms. The number of nitrogens with two attached hydrogens (primary N) is 1. The maximum Gasteiger partial charge on any atom is 0.127 e. The number of para-hydroxylation sites is 1. The lowest BCUT2D eigenvalue weighted by Crippen LogP contribution is -2.28. The summed E-state index contributed by atoms with van der Waals surface area (Å²) in [5, 5.41) is 0. The van der Waals surface area contributed by atoms with Crippen LogP contribution in [0.3, 0.4) is 0 Å². The summed E-state index contributed by atoms with van der Waals surface area (Å²) in [7, 11) is 0. The van der Waals surface area contributed by atoms with Crippen LogP contribution in [0.4, 0.5) is 0 Å². The van der Waals surface area contributed by atoms with Crippen LogP contribution in [0.1, 0.15) is 19.2 Å². The molecule has 106 valence electrons. The number of aromatic nitrogens is 2. The molecule has 0 bridgehead atoms. The number of hydrogen-bond acceptors (Lipinski definition) is 3. The Morgan fingerprint density at radius 1 is 1.30 bits per heavy atom. The van der Waals surface area contributed by atoms with Crippen molar-refractivity contribution < 1.29 is 0 Å².